The number of amides is 1. The van der Waals surface area contributed by atoms with Crippen molar-refractivity contribution in [3.05, 3.63) is 24.3 Å². The van der Waals surface area contributed by atoms with Crippen molar-refractivity contribution in [1.29, 1.82) is 0 Å². The van der Waals surface area contributed by atoms with Crippen molar-refractivity contribution in [3.63, 3.8) is 0 Å². The number of aryl methyl sites for hydroxylation is 1. The monoisotopic (exact) mass is 291 g/mol. The molecule has 0 unspecified atom stereocenters. The topological polar surface area (TPSA) is 102 Å². The van der Waals surface area contributed by atoms with Crippen LogP contribution in [0.1, 0.15) is 30.7 Å². The Hall–Kier alpha value is -2.29. The van der Waals surface area contributed by atoms with Crippen molar-refractivity contribution >= 4 is 5.91 Å². The second-order valence-electron chi connectivity index (χ2n) is 4.97. The van der Waals surface area contributed by atoms with Crippen LogP contribution in [0.5, 0.6) is 0 Å². The van der Waals surface area contributed by atoms with Crippen LogP contribution < -0.4 is 0 Å². The molecule has 2 aromatic rings. The molecule has 0 spiro atoms. The minimum Gasteiger partial charge on any atom is -0.366 e. The van der Waals surface area contributed by atoms with Crippen LogP contribution in [0.15, 0.2) is 12.7 Å². The molecule has 1 fully saturated rings. The number of hydrogen-bond donors (Lipinski definition) is 1. The first-order chi connectivity index (χ1) is 10.1. The van der Waals surface area contributed by atoms with Gasteiger partial charge in [0.1, 0.15) is 30.6 Å². The smallest absolute Gasteiger partial charge is 0.247 e. The summed E-state index contributed by atoms with van der Waals surface area (Å²) in [6, 6.07) is -0.389. The van der Waals surface area contributed by atoms with Crippen LogP contribution in [-0.4, -0.2) is 60.4 Å². The van der Waals surface area contributed by atoms with Gasteiger partial charge >= 0.3 is 0 Å². The van der Waals surface area contributed by atoms with Gasteiger partial charge in [0.25, 0.3) is 0 Å². The van der Waals surface area contributed by atoms with E-state index in [9.17, 15) is 4.79 Å². The van der Waals surface area contributed by atoms with Crippen molar-refractivity contribution in [2.24, 2.45) is 0 Å². The van der Waals surface area contributed by atoms with Crippen LogP contribution in [0.25, 0.3) is 0 Å². The zero-order valence-electron chi connectivity index (χ0n) is 11.9. The van der Waals surface area contributed by atoms with Crippen LogP contribution in [0, 0.1) is 6.92 Å². The van der Waals surface area contributed by atoms with Gasteiger partial charge in [-0.3, -0.25) is 9.89 Å². The van der Waals surface area contributed by atoms with Crippen molar-refractivity contribution in [2.45, 2.75) is 26.0 Å². The molecule has 21 heavy (non-hydrogen) atoms. The maximum atomic E-state index is 12.5. The van der Waals surface area contributed by atoms with Gasteiger partial charge in [-0.2, -0.15) is 10.2 Å². The molecule has 3 heterocycles. The Morgan fingerprint density at radius 2 is 2.43 bits per heavy atom. The lowest BCUT2D eigenvalue weighted by Crippen LogP contribution is -2.45. The zero-order chi connectivity index (χ0) is 14.8. The van der Waals surface area contributed by atoms with E-state index in [1.54, 1.807) is 22.8 Å². The molecule has 0 saturated carbocycles. The predicted molar refractivity (Wildman–Crippen MR) is 71.1 cm³/mol. The molecule has 2 atom stereocenters. The lowest BCUT2D eigenvalue weighted by Gasteiger charge is -2.33. The number of rotatable bonds is 3. The summed E-state index contributed by atoms with van der Waals surface area (Å²) in [5, 5.41) is 10.9. The molecule has 1 N–H and O–H groups in total. The molecule has 0 aliphatic carbocycles. The number of hydrogen-bond acceptors (Lipinski definition) is 6. The van der Waals surface area contributed by atoms with E-state index in [0.717, 1.165) is 5.82 Å². The molecule has 0 aromatic carbocycles. The average Bonchev–Trinajstić information content (AvgIpc) is 3.17. The molecular weight excluding hydrogens is 274 g/mol. The molecule has 3 rings (SSSR count). The Morgan fingerprint density at radius 3 is 3.10 bits per heavy atom. The standard InChI is InChI=1S/C12H17N7O2/c1-8(19-7-13-6-14-19)12(20)18-3-4-21-10(5-18)11-15-9(2)16-17-11/h6-8,10H,3-5H2,1-2H3,(H,15,16,17)/t8-,10-/m1/s1. The van der Waals surface area contributed by atoms with E-state index in [2.05, 4.69) is 25.3 Å². The van der Waals surface area contributed by atoms with Gasteiger partial charge in [-0.1, -0.05) is 0 Å². The van der Waals surface area contributed by atoms with Gasteiger partial charge in [-0.15, -0.1) is 0 Å². The molecular formula is C12H17N7O2. The van der Waals surface area contributed by atoms with E-state index in [0.29, 0.717) is 25.5 Å². The zero-order valence-corrected chi connectivity index (χ0v) is 11.9. The summed E-state index contributed by atoms with van der Waals surface area (Å²) in [7, 11) is 0. The summed E-state index contributed by atoms with van der Waals surface area (Å²) < 4.78 is 7.20. The van der Waals surface area contributed by atoms with Crippen LogP contribution in [0.4, 0.5) is 0 Å². The Morgan fingerprint density at radius 1 is 1.57 bits per heavy atom. The highest BCUT2D eigenvalue weighted by Crippen LogP contribution is 2.21. The Labute approximate surface area is 121 Å². The summed E-state index contributed by atoms with van der Waals surface area (Å²) in [5.74, 6) is 1.30. The SMILES string of the molecule is Cc1nc([C@H]2CN(C(=O)[C@@H](C)n3cncn3)CCO2)n[nH]1. The van der Waals surface area contributed by atoms with Gasteiger partial charge in [0.2, 0.25) is 5.91 Å². The molecule has 1 aliphatic heterocycles. The summed E-state index contributed by atoms with van der Waals surface area (Å²) in [4.78, 5) is 22.4. The fourth-order valence-corrected chi connectivity index (χ4v) is 2.30. The van der Waals surface area contributed by atoms with Gasteiger partial charge < -0.3 is 9.64 Å². The van der Waals surface area contributed by atoms with Gasteiger partial charge in [0.05, 0.1) is 13.2 Å². The lowest BCUT2D eigenvalue weighted by atomic mass is 10.2. The van der Waals surface area contributed by atoms with Crippen LogP contribution in [0.3, 0.4) is 0 Å². The summed E-state index contributed by atoms with van der Waals surface area (Å²) in [6.07, 6.45) is 2.66. The highest BCUT2D eigenvalue weighted by molar-refractivity contribution is 5.80. The van der Waals surface area contributed by atoms with E-state index in [1.165, 1.54) is 6.33 Å². The third-order valence-electron chi connectivity index (χ3n) is 3.47. The summed E-state index contributed by atoms with van der Waals surface area (Å²) in [5.41, 5.74) is 0. The quantitative estimate of drug-likeness (QED) is 0.845. The number of aromatic amines is 1. The van der Waals surface area contributed by atoms with E-state index >= 15 is 0 Å². The van der Waals surface area contributed by atoms with E-state index in [4.69, 9.17) is 4.74 Å². The largest absolute Gasteiger partial charge is 0.366 e. The molecule has 0 radical (unpaired) electrons. The Bertz CT molecular complexity index is 609. The number of nitrogens with one attached hydrogen (secondary N) is 1. The molecule has 1 amide bonds. The van der Waals surface area contributed by atoms with Crippen molar-refractivity contribution in [1.82, 2.24) is 34.8 Å². The Balaban J connectivity index is 1.69. The lowest BCUT2D eigenvalue weighted by molar-refractivity contribution is -0.142. The first-order valence-electron chi connectivity index (χ1n) is 6.78. The Kier molecular flexibility index (Phi) is 3.65. The molecule has 2 aromatic heterocycles. The van der Waals surface area contributed by atoms with Crippen molar-refractivity contribution in [3.8, 4) is 0 Å². The second kappa shape index (κ2) is 5.60. The molecule has 0 bridgehead atoms. The van der Waals surface area contributed by atoms with Crippen LogP contribution in [-0.2, 0) is 9.53 Å². The highest BCUT2D eigenvalue weighted by Gasteiger charge is 2.30. The number of aromatic nitrogens is 6. The molecule has 1 aliphatic rings. The number of morpholine rings is 1. The molecule has 112 valence electrons. The minimum atomic E-state index is -0.389. The number of carbonyl (C=O) groups excluding carboxylic acids is 1. The van der Waals surface area contributed by atoms with Gasteiger partial charge in [0, 0.05) is 6.54 Å². The predicted octanol–water partition coefficient (Wildman–Crippen LogP) is -0.134. The minimum absolute atomic E-state index is 0.0129. The summed E-state index contributed by atoms with van der Waals surface area (Å²) >= 11 is 0. The molecule has 1 saturated heterocycles. The molecule has 9 heteroatoms. The first-order valence-corrected chi connectivity index (χ1v) is 6.78. The molecule has 9 nitrogen and oxygen atoms in total. The second-order valence-corrected chi connectivity index (χ2v) is 4.97. The van der Waals surface area contributed by atoms with Crippen molar-refractivity contribution in [2.75, 3.05) is 19.7 Å². The fourth-order valence-electron chi connectivity index (χ4n) is 2.30. The van der Waals surface area contributed by atoms with E-state index in [1.807, 2.05) is 6.92 Å². The van der Waals surface area contributed by atoms with E-state index in [-0.39, 0.29) is 18.1 Å². The highest BCUT2D eigenvalue weighted by atomic mass is 16.5. The average molecular weight is 291 g/mol. The van der Waals surface area contributed by atoms with Crippen LogP contribution in [0.2, 0.25) is 0 Å². The summed E-state index contributed by atoms with van der Waals surface area (Å²) in [6.45, 7) is 5.09. The maximum Gasteiger partial charge on any atom is 0.247 e. The number of carbonyl (C=O) groups is 1. The van der Waals surface area contributed by atoms with Gasteiger partial charge in [-0.05, 0) is 13.8 Å². The maximum absolute atomic E-state index is 12.5. The van der Waals surface area contributed by atoms with Crippen LogP contribution >= 0.6 is 0 Å². The number of nitrogens with zero attached hydrogens (tertiary/aromatic N) is 6. The first kappa shape index (κ1) is 13.7. The number of H-pyrrole nitrogens is 1. The third kappa shape index (κ3) is 2.77. The van der Waals surface area contributed by atoms with Gasteiger partial charge in [-0.25, -0.2) is 14.6 Å². The normalized spacial score (nSPS) is 20.5. The van der Waals surface area contributed by atoms with Crippen molar-refractivity contribution < 1.29 is 9.53 Å². The van der Waals surface area contributed by atoms with Gasteiger partial charge in [0.15, 0.2) is 5.82 Å². The number of ether oxygens (including phenoxy) is 1. The third-order valence-corrected chi connectivity index (χ3v) is 3.47. The van der Waals surface area contributed by atoms with E-state index < -0.39 is 0 Å². The fraction of sp³-hybridized carbons (Fsp3) is 0.583.